The normalized spacial score (nSPS) is 26.5. The number of hydrogen-bond donors (Lipinski definition) is 0. The molecule has 0 saturated heterocycles. The lowest BCUT2D eigenvalue weighted by molar-refractivity contribution is 0.100. The summed E-state index contributed by atoms with van der Waals surface area (Å²) in [6.45, 7) is 4.53. The van der Waals surface area contributed by atoms with E-state index in [1.807, 2.05) is 6.07 Å². The van der Waals surface area contributed by atoms with Crippen LogP contribution in [0.25, 0.3) is 0 Å². The zero-order valence-electron chi connectivity index (χ0n) is 11.8. The highest BCUT2D eigenvalue weighted by atomic mass is 16.5. The maximum absolute atomic E-state index is 9.14. The second-order valence-electron chi connectivity index (χ2n) is 5.63. The van der Waals surface area contributed by atoms with Gasteiger partial charge >= 0.3 is 0 Å². The molecule has 1 aliphatic carbocycles. The van der Waals surface area contributed by atoms with E-state index in [2.05, 4.69) is 19.9 Å². The van der Waals surface area contributed by atoms with Crippen LogP contribution in [0.15, 0.2) is 18.2 Å². The Labute approximate surface area is 115 Å². The van der Waals surface area contributed by atoms with E-state index in [1.54, 1.807) is 19.2 Å². The van der Waals surface area contributed by atoms with Crippen LogP contribution in [0.4, 0.5) is 0 Å². The molecule has 102 valence electrons. The summed E-state index contributed by atoms with van der Waals surface area (Å²) in [4.78, 5) is 0. The van der Waals surface area contributed by atoms with Crippen LogP contribution in [0.1, 0.15) is 38.7 Å². The Morgan fingerprint density at radius 1 is 1.16 bits per heavy atom. The van der Waals surface area contributed by atoms with Crippen LogP contribution in [0, 0.1) is 23.2 Å². The molecule has 0 N–H and O–H groups in total. The molecule has 0 aromatic heterocycles. The zero-order chi connectivity index (χ0) is 13.8. The predicted octanol–water partition coefficient (Wildman–Crippen LogP) is 3.77. The second kappa shape index (κ2) is 5.97. The number of nitrogens with zero attached hydrogens (tertiary/aromatic N) is 1. The van der Waals surface area contributed by atoms with E-state index in [9.17, 15) is 0 Å². The lowest BCUT2D eigenvalue weighted by atomic mass is 9.82. The van der Waals surface area contributed by atoms with Crippen molar-refractivity contribution in [2.75, 3.05) is 7.11 Å². The van der Waals surface area contributed by atoms with E-state index in [1.165, 1.54) is 6.42 Å². The van der Waals surface area contributed by atoms with Crippen molar-refractivity contribution in [2.24, 2.45) is 11.8 Å². The third-order valence-corrected chi connectivity index (χ3v) is 3.74. The minimum Gasteiger partial charge on any atom is -0.497 e. The van der Waals surface area contributed by atoms with E-state index in [-0.39, 0.29) is 6.10 Å². The molecule has 1 aromatic carbocycles. The van der Waals surface area contributed by atoms with Gasteiger partial charge in [0, 0.05) is 6.07 Å². The van der Waals surface area contributed by atoms with Gasteiger partial charge < -0.3 is 9.47 Å². The number of nitriles is 1. The molecule has 1 fully saturated rings. The van der Waals surface area contributed by atoms with Crippen LogP contribution in [-0.4, -0.2) is 13.2 Å². The molecule has 3 heteroatoms. The molecule has 1 aliphatic rings. The number of hydrogen-bond acceptors (Lipinski definition) is 3. The summed E-state index contributed by atoms with van der Waals surface area (Å²) in [6, 6.07) is 7.53. The van der Waals surface area contributed by atoms with Gasteiger partial charge in [0.25, 0.3) is 0 Å². The fourth-order valence-corrected chi connectivity index (χ4v) is 2.97. The fraction of sp³-hybridized carbons (Fsp3) is 0.562. The van der Waals surface area contributed by atoms with Gasteiger partial charge in [0.15, 0.2) is 0 Å². The van der Waals surface area contributed by atoms with E-state index in [0.717, 1.165) is 18.6 Å². The van der Waals surface area contributed by atoms with Gasteiger partial charge in [0.05, 0.1) is 18.8 Å². The zero-order valence-corrected chi connectivity index (χ0v) is 11.8. The first kappa shape index (κ1) is 13.7. The summed E-state index contributed by atoms with van der Waals surface area (Å²) in [5, 5.41) is 9.14. The Morgan fingerprint density at radius 3 is 2.42 bits per heavy atom. The maximum Gasteiger partial charge on any atom is 0.141 e. The van der Waals surface area contributed by atoms with Crippen LogP contribution >= 0.6 is 0 Å². The number of benzene rings is 1. The van der Waals surface area contributed by atoms with Gasteiger partial charge in [-0.25, -0.2) is 0 Å². The Kier molecular flexibility index (Phi) is 4.31. The predicted molar refractivity (Wildman–Crippen MR) is 74.3 cm³/mol. The topological polar surface area (TPSA) is 42.2 Å². The molecule has 0 spiro atoms. The highest BCUT2D eigenvalue weighted by Crippen LogP contribution is 2.33. The first-order valence-electron chi connectivity index (χ1n) is 6.87. The lowest BCUT2D eigenvalue weighted by Gasteiger charge is -2.31. The molecular formula is C16H21NO2. The van der Waals surface area contributed by atoms with Crippen molar-refractivity contribution in [1.29, 1.82) is 5.26 Å². The summed E-state index contributed by atoms with van der Waals surface area (Å²) >= 11 is 0. The summed E-state index contributed by atoms with van der Waals surface area (Å²) in [5.41, 5.74) is 0.576. The van der Waals surface area contributed by atoms with Gasteiger partial charge in [-0.05, 0) is 43.2 Å². The first-order valence-corrected chi connectivity index (χ1v) is 6.87. The highest BCUT2D eigenvalue weighted by Gasteiger charge is 2.25. The third-order valence-electron chi connectivity index (χ3n) is 3.74. The number of ether oxygens (including phenoxy) is 2. The van der Waals surface area contributed by atoms with Crippen molar-refractivity contribution in [3.63, 3.8) is 0 Å². The molecule has 0 bridgehead atoms. The van der Waals surface area contributed by atoms with Gasteiger partial charge in [-0.1, -0.05) is 13.8 Å². The molecule has 2 rings (SSSR count). The molecule has 0 radical (unpaired) electrons. The van der Waals surface area contributed by atoms with Crippen molar-refractivity contribution in [2.45, 2.75) is 39.2 Å². The Balaban J connectivity index is 2.15. The molecule has 1 saturated carbocycles. The molecule has 0 aliphatic heterocycles. The van der Waals surface area contributed by atoms with Gasteiger partial charge in [-0.2, -0.15) is 5.26 Å². The molecular weight excluding hydrogens is 238 g/mol. The van der Waals surface area contributed by atoms with Crippen molar-refractivity contribution < 1.29 is 9.47 Å². The average molecular weight is 259 g/mol. The van der Waals surface area contributed by atoms with Crippen LogP contribution in [0.5, 0.6) is 11.5 Å². The largest absolute Gasteiger partial charge is 0.497 e. The molecule has 0 amide bonds. The van der Waals surface area contributed by atoms with E-state index in [0.29, 0.717) is 23.1 Å². The SMILES string of the molecule is COc1ccc(C#N)c(OC2CC(C)CC(C)C2)c1. The summed E-state index contributed by atoms with van der Waals surface area (Å²) in [7, 11) is 1.62. The van der Waals surface area contributed by atoms with Crippen LogP contribution in [0.2, 0.25) is 0 Å². The Morgan fingerprint density at radius 2 is 1.84 bits per heavy atom. The van der Waals surface area contributed by atoms with Gasteiger partial charge in [0.1, 0.15) is 17.6 Å². The van der Waals surface area contributed by atoms with Gasteiger partial charge in [-0.3, -0.25) is 0 Å². The van der Waals surface area contributed by atoms with Crippen LogP contribution < -0.4 is 9.47 Å². The highest BCUT2D eigenvalue weighted by molar-refractivity contribution is 5.47. The van der Waals surface area contributed by atoms with Crippen molar-refractivity contribution in [3.8, 4) is 17.6 Å². The summed E-state index contributed by atoms with van der Waals surface area (Å²) < 4.78 is 11.3. The molecule has 1 aromatic rings. The molecule has 19 heavy (non-hydrogen) atoms. The second-order valence-corrected chi connectivity index (χ2v) is 5.63. The van der Waals surface area contributed by atoms with E-state index in [4.69, 9.17) is 14.7 Å². The standard InChI is InChI=1S/C16H21NO2/c1-11-6-12(2)8-15(7-11)19-16-9-14(18-3)5-4-13(16)10-17/h4-5,9,11-12,15H,6-8H2,1-3H3. The van der Waals surface area contributed by atoms with Crippen molar-refractivity contribution >= 4 is 0 Å². The molecule has 3 nitrogen and oxygen atoms in total. The van der Waals surface area contributed by atoms with E-state index < -0.39 is 0 Å². The Bertz CT molecular complexity index is 468. The van der Waals surface area contributed by atoms with Crippen LogP contribution in [0.3, 0.4) is 0 Å². The van der Waals surface area contributed by atoms with Crippen molar-refractivity contribution in [1.82, 2.24) is 0 Å². The minimum absolute atomic E-state index is 0.206. The Hall–Kier alpha value is -1.69. The maximum atomic E-state index is 9.14. The lowest BCUT2D eigenvalue weighted by Crippen LogP contribution is -2.28. The smallest absolute Gasteiger partial charge is 0.141 e. The molecule has 2 atom stereocenters. The van der Waals surface area contributed by atoms with Gasteiger partial charge in [-0.15, -0.1) is 0 Å². The monoisotopic (exact) mass is 259 g/mol. The molecule has 2 unspecified atom stereocenters. The quantitative estimate of drug-likeness (QED) is 0.829. The fourth-order valence-electron chi connectivity index (χ4n) is 2.97. The van der Waals surface area contributed by atoms with Gasteiger partial charge in [0.2, 0.25) is 0 Å². The first-order chi connectivity index (χ1) is 9.12. The minimum atomic E-state index is 0.206. The summed E-state index contributed by atoms with van der Waals surface area (Å²) in [5.74, 6) is 2.74. The number of rotatable bonds is 3. The van der Waals surface area contributed by atoms with Crippen LogP contribution in [-0.2, 0) is 0 Å². The average Bonchev–Trinajstić information content (AvgIpc) is 2.37. The molecule has 0 heterocycles. The summed E-state index contributed by atoms with van der Waals surface area (Å²) in [6.07, 6.45) is 3.60. The number of methoxy groups -OCH3 is 1. The van der Waals surface area contributed by atoms with Crippen molar-refractivity contribution in [3.05, 3.63) is 23.8 Å². The third kappa shape index (κ3) is 3.41. The van der Waals surface area contributed by atoms with E-state index >= 15 is 0 Å².